The van der Waals surface area contributed by atoms with Gasteiger partial charge in [0.1, 0.15) is 11.6 Å². The number of nitrogens with two attached hydrogens (primary N) is 1. The van der Waals surface area contributed by atoms with Gasteiger partial charge >= 0.3 is 0 Å². The molecule has 4 nitrogen and oxygen atoms in total. The Morgan fingerprint density at radius 2 is 1.57 bits per heavy atom. The number of benzene rings is 2. The summed E-state index contributed by atoms with van der Waals surface area (Å²) in [7, 11) is 0. The molecule has 2 aromatic carbocycles. The van der Waals surface area contributed by atoms with Crippen LogP contribution in [-0.2, 0) is 0 Å². The van der Waals surface area contributed by atoms with E-state index in [1.165, 1.54) is 18.2 Å². The standard InChI is InChI=1S/C16H12FN3O/c17-12-5-1-11(2-6-12)16-19-14(9-15(21)20-16)10-3-7-13(18)8-4-10/h1-9H,18H2,(H,19,20,21). The monoisotopic (exact) mass is 281 g/mol. The van der Waals surface area contributed by atoms with Crippen molar-refractivity contribution in [1.82, 2.24) is 9.97 Å². The van der Waals surface area contributed by atoms with Gasteiger partial charge in [0, 0.05) is 22.9 Å². The van der Waals surface area contributed by atoms with E-state index in [4.69, 9.17) is 5.73 Å². The molecule has 3 rings (SSSR count). The maximum absolute atomic E-state index is 13.0. The Morgan fingerprint density at radius 1 is 0.952 bits per heavy atom. The summed E-state index contributed by atoms with van der Waals surface area (Å²) in [6.45, 7) is 0. The highest BCUT2D eigenvalue weighted by molar-refractivity contribution is 5.64. The fraction of sp³-hybridized carbons (Fsp3) is 0. The zero-order valence-electron chi connectivity index (χ0n) is 11.0. The smallest absolute Gasteiger partial charge is 0.251 e. The molecule has 0 amide bonds. The molecule has 0 aliphatic rings. The summed E-state index contributed by atoms with van der Waals surface area (Å²) in [6, 6.07) is 14.3. The molecule has 0 atom stereocenters. The number of hydrogen-bond acceptors (Lipinski definition) is 3. The number of nitrogens with zero attached hydrogens (tertiary/aromatic N) is 1. The van der Waals surface area contributed by atoms with E-state index in [9.17, 15) is 9.18 Å². The largest absolute Gasteiger partial charge is 0.399 e. The zero-order valence-corrected chi connectivity index (χ0v) is 11.0. The molecular formula is C16H12FN3O. The molecule has 1 heterocycles. The van der Waals surface area contributed by atoms with Crippen molar-refractivity contribution in [2.24, 2.45) is 0 Å². The molecular weight excluding hydrogens is 269 g/mol. The molecule has 21 heavy (non-hydrogen) atoms. The van der Waals surface area contributed by atoms with Crippen LogP contribution in [0.25, 0.3) is 22.6 Å². The van der Waals surface area contributed by atoms with Gasteiger partial charge in [0.25, 0.3) is 5.56 Å². The number of anilines is 1. The van der Waals surface area contributed by atoms with Crippen molar-refractivity contribution in [1.29, 1.82) is 0 Å². The lowest BCUT2D eigenvalue weighted by molar-refractivity contribution is 0.628. The van der Waals surface area contributed by atoms with E-state index < -0.39 is 0 Å². The van der Waals surface area contributed by atoms with E-state index in [-0.39, 0.29) is 11.4 Å². The van der Waals surface area contributed by atoms with Gasteiger partial charge in [-0.2, -0.15) is 0 Å². The van der Waals surface area contributed by atoms with Crippen LogP contribution in [0.2, 0.25) is 0 Å². The molecule has 104 valence electrons. The summed E-state index contributed by atoms with van der Waals surface area (Å²) < 4.78 is 13.0. The number of aromatic amines is 1. The van der Waals surface area contributed by atoms with Gasteiger partial charge in [0.05, 0.1) is 5.69 Å². The van der Waals surface area contributed by atoms with Crippen LogP contribution in [0, 0.1) is 5.82 Å². The molecule has 0 spiro atoms. The molecule has 5 heteroatoms. The van der Waals surface area contributed by atoms with Crippen LogP contribution in [0.3, 0.4) is 0 Å². The Morgan fingerprint density at radius 3 is 2.24 bits per heavy atom. The Labute approximate surface area is 120 Å². The summed E-state index contributed by atoms with van der Waals surface area (Å²) in [5, 5.41) is 0. The first-order valence-corrected chi connectivity index (χ1v) is 6.35. The lowest BCUT2D eigenvalue weighted by atomic mass is 10.1. The van der Waals surface area contributed by atoms with E-state index in [1.54, 1.807) is 36.4 Å². The number of halogens is 1. The number of H-pyrrole nitrogens is 1. The van der Waals surface area contributed by atoms with Crippen LogP contribution in [-0.4, -0.2) is 9.97 Å². The molecule has 3 aromatic rings. The first-order chi connectivity index (χ1) is 10.1. The average molecular weight is 281 g/mol. The average Bonchev–Trinajstić information content (AvgIpc) is 2.48. The van der Waals surface area contributed by atoms with Gasteiger partial charge in [-0.25, -0.2) is 9.37 Å². The van der Waals surface area contributed by atoms with Gasteiger partial charge in [-0.3, -0.25) is 4.79 Å². The van der Waals surface area contributed by atoms with E-state index >= 15 is 0 Å². The third kappa shape index (κ3) is 2.81. The fourth-order valence-corrected chi connectivity index (χ4v) is 2.00. The number of nitrogen functional groups attached to an aromatic ring is 1. The predicted octanol–water partition coefficient (Wildman–Crippen LogP) is 2.83. The molecule has 0 bridgehead atoms. The van der Waals surface area contributed by atoms with Gasteiger partial charge in [0.2, 0.25) is 0 Å². The van der Waals surface area contributed by atoms with E-state index in [0.717, 1.165) is 5.56 Å². The van der Waals surface area contributed by atoms with Crippen molar-refractivity contribution >= 4 is 5.69 Å². The SMILES string of the molecule is Nc1ccc(-c2cc(=O)[nH]c(-c3ccc(F)cc3)n2)cc1. The number of rotatable bonds is 2. The normalized spacial score (nSPS) is 10.5. The van der Waals surface area contributed by atoms with Crippen LogP contribution < -0.4 is 11.3 Å². The Bertz CT molecular complexity index is 757. The van der Waals surface area contributed by atoms with Gasteiger partial charge in [-0.1, -0.05) is 12.1 Å². The maximum atomic E-state index is 13.0. The van der Waals surface area contributed by atoms with Crippen molar-refractivity contribution in [3.05, 3.63) is 70.8 Å². The van der Waals surface area contributed by atoms with Crippen LogP contribution >= 0.6 is 0 Å². The molecule has 0 saturated carbocycles. The topological polar surface area (TPSA) is 71.8 Å². The lowest BCUT2D eigenvalue weighted by Gasteiger charge is -2.05. The second kappa shape index (κ2) is 5.20. The highest BCUT2D eigenvalue weighted by atomic mass is 19.1. The van der Waals surface area contributed by atoms with Gasteiger partial charge in [-0.15, -0.1) is 0 Å². The molecule has 0 fully saturated rings. The minimum atomic E-state index is -0.337. The molecule has 0 aliphatic heterocycles. The first kappa shape index (κ1) is 13.1. The fourth-order valence-electron chi connectivity index (χ4n) is 2.00. The summed E-state index contributed by atoms with van der Waals surface area (Å²) in [4.78, 5) is 18.9. The zero-order chi connectivity index (χ0) is 14.8. The van der Waals surface area contributed by atoms with Crippen molar-refractivity contribution in [3.8, 4) is 22.6 Å². The second-order valence-corrected chi connectivity index (χ2v) is 4.61. The Hall–Kier alpha value is -2.95. The molecule has 3 N–H and O–H groups in total. The van der Waals surface area contributed by atoms with Crippen molar-refractivity contribution in [2.75, 3.05) is 5.73 Å². The van der Waals surface area contributed by atoms with Crippen LogP contribution in [0.4, 0.5) is 10.1 Å². The maximum Gasteiger partial charge on any atom is 0.251 e. The summed E-state index contributed by atoms with van der Waals surface area (Å²) >= 11 is 0. The molecule has 1 aromatic heterocycles. The highest BCUT2D eigenvalue weighted by Crippen LogP contribution is 2.20. The summed E-state index contributed by atoms with van der Waals surface area (Å²) in [5.74, 6) is 0.0603. The van der Waals surface area contributed by atoms with Gasteiger partial charge in [0.15, 0.2) is 0 Å². The minimum Gasteiger partial charge on any atom is -0.399 e. The lowest BCUT2D eigenvalue weighted by Crippen LogP contribution is -2.08. The summed E-state index contributed by atoms with van der Waals surface area (Å²) in [5.41, 5.74) is 7.99. The van der Waals surface area contributed by atoms with Crippen LogP contribution in [0.5, 0.6) is 0 Å². The van der Waals surface area contributed by atoms with Crippen LogP contribution in [0.1, 0.15) is 0 Å². The Kier molecular flexibility index (Phi) is 3.23. The molecule has 0 aliphatic carbocycles. The van der Waals surface area contributed by atoms with Crippen molar-refractivity contribution in [3.63, 3.8) is 0 Å². The number of nitrogens with one attached hydrogen (secondary N) is 1. The number of hydrogen-bond donors (Lipinski definition) is 2. The molecule has 0 radical (unpaired) electrons. The predicted molar refractivity (Wildman–Crippen MR) is 80.1 cm³/mol. The molecule has 0 saturated heterocycles. The molecule has 0 unspecified atom stereocenters. The van der Waals surface area contributed by atoms with E-state index in [0.29, 0.717) is 22.8 Å². The van der Waals surface area contributed by atoms with Gasteiger partial charge in [-0.05, 0) is 36.4 Å². The number of aromatic nitrogens is 2. The van der Waals surface area contributed by atoms with Crippen molar-refractivity contribution in [2.45, 2.75) is 0 Å². The minimum absolute atomic E-state index is 0.267. The van der Waals surface area contributed by atoms with Gasteiger partial charge < -0.3 is 10.7 Å². The Balaban J connectivity index is 2.10. The first-order valence-electron chi connectivity index (χ1n) is 6.35. The third-order valence-corrected chi connectivity index (χ3v) is 3.07. The van der Waals surface area contributed by atoms with Crippen LogP contribution in [0.15, 0.2) is 59.4 Å². The van der Waals surface area contributed by atoms with Crippen molar-refractivity contribution < 1.29 is 4.39 Å². The van der Waals surface area contributed by atoms with E-state index in [2.05, 4.69) is 9.97 Å². The second-order valence-electron chi connectivity index (χ2n) is 4.61. The van der Waals surface area contributed by atoms with E-state index in [1.807, 2.05) is 0 Å². The summed E-state index contributed by atoms with van der Waals surface area (Å²) in [6.07, 6.45) is 0. The quantitative estimate of drug-likeness (QED) is 0.709. The highest BCUT2D eigenvalue weighted by Gasteiger charge is 2.06. The third-order valence-electron chi connectivity index (χ3n) is 3.07.